The number of ether oxygens (including phenoxy) is 1. The highest BCUT2D eigenvalue weighted by Crippen LogP contribution is 2.22. The standard InChI is InChI=1S/C14H13ClO3S/c1-9-11(6-13(19-9)14(16)17)8-18-7-10-3-2-4-12(15)5-10/h2-6H,7-8H2,1H3,(H,16,17). The fourth-order valence-electron chi connectivity index (χ4n) is 1.67. The number of carboxylic acids is 1. The summed E-state index contributed by atoms with van der Waals surface area (Å²) >= 11 is 7.16. The van der Waals surface area contributed by atoms with E-state index in [4.69, 9.17) is 21.4 Å². The second-order valence-corrected chi connectivity index (χ2v) is 5.81. The molecule has 1 heterocycles. The molecule has 0 atom stereocenters. The summed E-state index contributed by atoms with van der Waals surface area (Å²) in [4.78, 5) is 12.2. The minimum atomic E-state index is -0.894. The van der Waals surface area contributed by atoms with Gasteiger partial charge in [-0.15, -0.1) is 11.3 Å². The summed E-state index contributed by atoms with van der Waals surface area (Å²) < 4.78 is 5.59. The molecule has 19 heavy (non-hydrogen) atoms. The van der Waals surface area contributed by atoms with E-state index in [-0.39, 0.29) is 0 Å². The molecule has 0 aliphatic carbocycles. The van der Waals surface area contributed by atoms with Gasteiger partial charge in [0.1, 0.15) is 4.88 Å². The van der Waals surface area contributed by atoms with E-state index in [0.717, 1.165) is 16.0 Å². The van der Waals surface area contributed by atoms with Crippen molar-refractivity contribution in [1.82, 2.24) is 0 Å². The summed E-state index contributed by atoms with van der Waals surface area (Å²) in [6, 6.07) is 9.15. The maximum absolute atomic E-state index is 10.9. The van der Waals surface area contributed by atoms with Crippen LogP contribution in [0.5, 0.6) is 0 Å². The second kappa shape index (κ2) is 6.19. The molecule has 2 aromatic rings. The minimum Gasteiger partial charge on any atom is -0.477 e. The van der Waals surface area contributed by atoms with E-state index in [1.54, 1.807) is 6.07 Å². The summed E-state index contributed by atoms with van der Waals surface area (Å²) in [5, 5.41) is 9.59. The lowest BCUT2D eigenvalue weighted by atomic mass is 10.2. The average molecular weight is 297 g/mol. The van der Waals surface area contributed by atoms with Crippen LogP contribution in [0.2, 0.25) is 5.02 Å². The number of hydrogen-bond acceptors (Lipinski definition) is 3. The van der Waals surface area contributed by atoms with Crippen LogP contribution >= 0.6 is 22.9 Å². The second-order valence-electron chi connectivity index (χ2n) is 4.12. The molecule has 2 rings (SSSR count). The van der Waals surface area contributed by atoms with E-state index in [2.05, 4.69) is 0 Å². The van der Waals surface area contributed by atoms with Crippen molar-refractivity contribution < 1.29 is 14.6 Å². The van der Waals surface area contributed by atoms with Gasteiger partial charge in [0.05, 0.1) is 13.2 Å². The van der Waals surface area contributed by atoms with E-state index >= 15 is 0 Å². The predicted octanol–water partition coefficient (Wildman–Crippen LogP) is 4.12. The molecule has 0 fully saturated rings. The van der Waals surface area contributed by atoms with E-state index < -0.39 is 5.97 Å². The van der Waals surface area contributed by atoms with Crippen LogP contribution in [0.25, 0.3) is 0 Å². The average Bonchev–Trinajstić information content (AvgIpc) is 2.71. The van der Waals surface area contributed by atoms with Crippen LogP contribution < -0.4 is 0 Å². The Morgan fingerprint density at radius 3 is 2.79 bits per heavy atom. The van der Waals surface area contributed by atoms with Crippen molar-refractivity contribution in [3.05, 3.63) is 56.2 Å². The Balaban J connectivity index is 1.94. The van der Waals surface area contributed by atoms with Gasteiger partial charge in [0, 0.05) is 9.90 Å². The maximum Gasteiger partial charge on any atom is 0.345 e. The first kappa shape index (κ1) is 14.1. The van der Waals surface area contributed by atoms with Crippen molar-refractivity contribution in [3.8, 4) is 0 Å². The number of hydrogen-bond donors (Lipinski definition) is 1. The molecular weight excluding hydrogens is 284 g/mol. The molecule has 1 N–H and O–H groups in total. The first-order chi connectivity index (χ1) is 9.06. The Morgan fingerprint density at radius 2 is 2.16 bits per heavy atom. The van der Waals surface area contributed by atoms with E-state index in [0.29, 0.717) is 23.1 Å². The summed E-state index contributed by atoms with van der Waals surface area (Å²) in [6.07, 6.45) is 0. The van der Waals surface area contributed by atoms with Gasteiger partial charge in [-0.05, 0) is 36.2 Å². The van der Waals surface area contributed by atoms with Crippen LogP contribution in [0.3, 0.4) is 0 Å². The van der Waals surface area contributed by atoms with Crippen molar-refractivity contribution in [1.29, 1.82) is 0 Å². The van der Waals surface area contributed by atoms with Gasteiger partial charge in [-0.3, -0.25) is 0 Å². The number of aromatic carboxylic acids is 1. The molecule has 100 valence electrons. The van der Waals surface area contributed by atoms with E-state index in [1.165, 1.54) is 11.3 Å². The fraction of sp³-hybridized carbons (Fsp3) is 0.214. The lowest BCUT2D eigenvalue weighted by Gasteiger charge is -2.04. The summed E-state index contributed by atoms with van der Waals surface area (Å²) in [5.74, 6) is -0.894. The Bertz CT molecular complexity index is 592. The molecule has 0 radical (unpaired) electrons. The van der Waals surface area contributed by atoms with Crippen molar-refractivity contribution in [2.45, 2.75) is 20.1 Å². The van der Waals surface area contributed by atoms with Gasteiger partial charge in [0.25, 0.3) is 0 Å². The molecule has 0 aliphatic rings. The number of thiophene rings is 1. The van der Waals surface area contributed by atoms with Crippen molar-refractivity contribution >= 4 is 28.9 Å². The van der Waals surface area contributed by atoms with E-state index in [9.17, 15) is 4.79 Å². The molecule has 0 bridgehead atoms. The highest BCUT2D eigenvalue weighted by molar-refractivity contribution is 7.14. The third-order valence-electron chi connectivity index (χ3n) is 2.65. The van der Waals surface area contributed by atoms with Gasteiger partial charge in [0.15, 0.2) is 0 Å². The Kier molecular flexibility index (Phi) is 4.58. The Labute approximate surface area is 120 Å². The molecule has 0 saturated carbocycles. The van der Waals surface area contributed by atoms with Gasteiger partial charge in [0.2, 0.25) is 0 Å². The number of aryl methyl sites for hydroxylation is 1. The summed E-state index contributed by atoms with van der Waals surface area (Å²) in [6.45, 7) is 2.76. The van der Waals surface area contributed by atoms with Crippen molar-refractivity contribution in [2.75, 3.05) is 0 Å². The van der Waals surface area contributed by atoms with Crippen LogP contribution in [0.15, 0.2) is 30.3 Å². The van der Waals surface area contributed by atoms with Gasteiger partial charge in [-0.2, -0.15) is 0 Å². The molecule has 5 heteroatoms. The van der Waals surface area contributed by atoms with Crippen LogP contribution in [0.1, 0.15) is 25.7 Å². The largest absolute Gasteiger partial charge is 0.477 e. The molecule has 1 aromatic heterocycles. The van der Waals surface area contributed by atoms with Crippen molar-refractivity contribution in [2.24, 2.45) is 0 Å². The zero-order valence-corrected chi connectivity index (χ0v) is 11.9. The highest BCUT2D eigenvalue weighted by atomic mass is 35.5. The molecule has 0 aliphatic heterocycles. The topological polar surface area (TPSA) is 46.5 Å². The first-order valence-electron chi connectivity index (χ1n) is 5.71. The third-order valence-corrected chi connectivity index (χ3v) is 3.96. The Hall–Kier alpha value is -1.36. The molecule has 0 spiro atoms. The fourth-order valence-corrected chi connectivity index (χ4v) is 2.75. The Morgan fingerprint density at radius 1 is 1.37 bits per heavy atom. The molecule has 3 nitrogen and oxygen atoms in total. The SMILES string of the molecule is Cc1sc(C(=O)O)cc1COCc1cccc(Cl)c1. The zero-order valence-electron chi connectivity index (χ0n) is 10.4. The first-order valence-corrected chi connectivity index (χ1v) is 6.90. The van der Waals surface area contributed by atoms with Gasteiger partial charge < -0.3 is 9.84 Å². The number of carbonyl (C=O) groups is 1. The van der Waals surface area contributed by atoms with Crippen LogP contribution in [-0.4, -0.2) is 11.1 Å². The molecular formula is C14H13ClO3S. The minimum absolute atomic E-state index is 0.346. The lowest BCUT2D eigenvalue weighted by molar-refractivity contribution is 0.0701. The highest BCUT2D eigenvalue weighted by Gasteiger charge is 2.10. The summed E-state index contributed by atoms with van der Waals surface area (Å²) in [5.41, 5.74) is 1.92. The molecule has 0 unspecified atom stereocenters. The van der Waals surface area contributed by atoms with Crippen LogP contribution in [0, 0.1) is 6.92 Å². The van der Waals surface area contributed by atoms with Crippen LogP contribution in [-0.2, 0) is 18.0 Å². The smallest absolute Gasteiger partial charge is 0.345 e. The number of halogens is 1. The molecule has 0 saturated heterocycles. The lowest BCUT2D eigenvalue weighted by Crippen LogP contribution is -1.95. The van der Waals surface area contributed by atoms with Crippen molar-refractivity contribution in [3.63, 3.8) is 0 Å². The third kappa shape index (κ3) is 3.80. The van der Waals surface area contributed by atoms with E-state index in [1.807, 2.05) is 31.2 Å². The predicted molar refractivity (Wildman–Crippen MR) is 76.0 cm³/mol. The maximum atomic E-state index is 10.9. The number of carboxylic acid groups (broad SMARTS) is 1. The van der Waals surface area contributed by atoms with Gasteiger partial charge in [-0.1, -0.05) is 23.7 Å². The number of benzene rings is 1. The normalized spacial score (nSPS) is 10.6. The summed E-state index contributed by atoms with van der Waals surface area (Å²) in [7, 11) is 0. The van der Waals surface area contributed by atoms with Crippen LogP contribution in [0.4, 0.5) is 0 Å². The van der Waals surface area contributed by atoms with Gasteiger partial charge in [-0.25, -0.2) is 4.79 Å². The van der Waals surface area contributed by atoms with Gasteiger partial charge >= 0.3 is 5.97 Å². The quantitative estimate of drug-likeness (QED) is 0.902. The molecule has 1 aromatic carbocycles. The monoisotopic (exact) mass is 296 g/mol. The number of rotatable bonds is 5. The molecule has 0 amide bonds. The zero-order chi connectivity index (χ0) is 13.8.